The van der Waals surface area contributed by atoms with Gasteiger partial charge in [0.25, 0.3) is 0 Å². The molecule has 0 amide bonds. The number of thiazole rings is 1. The molecule has 2 heterocycles. The van der Waals surface area contributed by atoms with Crippen LogP contribution >= 0.6 is 23.1 Å². The van der Waals surface area contributed by atoms with E-state index in [0.29, 0.717) is 0 Å². The average Bonchev–Trinajstić information content (AvgIpc) is 2.90. The maximum atomic E-state index is 4.25. The lowest BCUT2D eigenvalue weighted by atomic mass is 10.6. The van der Waals surface area contributed by atoms with Crippen LogP contribution in [0.5, 0.6) is 0 Å². The number of tetrazole rings is 1. The molecule has 0 spiro atoms. The third-order valence-corrected chi connectivity index (χ3v) is 4.57. The number of thioether (sulfide) groups is 1. The summed E-state index contributed by atoms with van der Waals surface area (Å²) in [4.78, 5) is 4.25. The van der Waals surface area contributed by atoms with Gasteiger partial charge in [-0.1, -0.05) is 11.8 Å². The zero-order valence-corrected chi connectivity index (χ0v) is 11.5. The van der Waals surface area contributed by atoms with Crippen molar-refractivity contribution < 1.29 is 0 Å². The summed E-state index contributed by atoms with van der Waals surface area (Å²) in [5.74, 6) is 0.827. The van der Waals surface area contributed by atoms with Gasteiger partial charge in [0.05, 0.1) is 12.3 Å². The van der Waals surface area contributed by atoms with Gasteiger partial charge in [-0.05, 0) is 23.3 Å². The molecule has 3 rings (SSSR count). The Morgan fingerprint density at radius 2 is 2.44 bits per heavy atom. The lowest BCUT2D eigenvalue weighted by molar-refractivity contribution is 0.509. The molecule has 8 heteroatoms. The van der Waals surface area contributed by atoms with E-state index >= 15 is 0 Å². The molecule has 2 aromatic rings. The summed E-state index contributed by atoms with van der Waals surface area (Å²) < 4.78 is 1.85. The monoisotopic (exact) mass is 282 g/mol. The van der Waals surface area contributed by atoms with Crippen molar-refractivity contribution in [1.29, 1.82) is 0 Å². The van der Waals surface area contributed by atoms with Gasteiger partial charge < -0.3 is 5.32 Å². The fraction of sp³-hybridized carbons (Fsp3) is 0.600. The van der Waals surface area contributed by atoms with Crippen LogP contribution < -0.4 is 5.32 Å². The van der Waals surface area contributed by atoms with Crippen molar-refractivity contribution in [3.8, 4) is 0 Å². The summed E-state index contributed by atoms with van der Waals surface area (Å²) in [5.41, 5.74) is 0. The third kappa shape index (κ3) is 3.27. The molecule has 1 fully saturated rings. The Bertz CT molecular complexity index is 478. The van der Waals surface area contributed by atoms with Gasteiger partial charge in [-0.15, -0.1) is 16.4 Å². The molecular weight excluding hydrogens is 268 g/mol. The molecule has 1 saturated carbocycles. The van der Waals surface area contributed by atoms with Crippen LogP contribution in [0.15, 0.2) is 16.7 Å². The molecular formula is C10H14N6S2. The van der Waals surface area contributed by atoms with E-state index in [0.717, 1.165) is 35.0 Å². The molecule has 2 aromatic heterocycles. The van der Waals surface area contributed by atoms with Gasteiger partial charge in [0.15, 0.2) is 0 Å². The van der Waals surface area contributed by atoms with Crippen LogP contribution in [-0.4, -0.2) is 37.8 Å². The van der Waals surface area contributed by atoms with E-state index in [1.54, 1.807) is 23.1 Å². The van der Waals surface area contributed by atoms with Crippen molar-refractivity contribution in [2.24, 2.45) is 0 Å². The van der Waals surface area contributed by atoms with Gasteiger partial charge in [0.2, 0.25) is 5.16 Å². The molecule has 1 aliphatic carbocycles. The van der Waals surface area contributed by atoms with Gasteiger partial charge in [0, 0.05) is 24.2 Å². The molecule has 0 saturated heterocycles. The van der Waals surface area contributed by atoms with Crippen molar-refractivity contribution in [2.45, 2.75) is 36.3 Å². The first-order chi connectivity index (χ1) is 8.92. The molecule has 18 heavy (non-hydrogen) atoms. The molecule has 0 unspecified atom stereocenters. The van der Waals surface area contributed by atoms with Crippen LogP contribution in [0.4, 0.5) is 0 Å². The first-order valence-corrected chi connectivity index (χ1v) is 7.79. The van der Waals surface area contributed by atoms with Crippen molar-refractivity contribution in [3.05, 3.63) is 16.6 Å². The standard InChI is InChI=1S/C10H14N6S2/c1-2-8(1)11-3-5-16-10(13-14-15-16)18-7-9-12-4-6-17-9/h4,6,8,11H,1-3,5,7H2. The first kappa shape index (κ1) is 12.1. The van der Waals surface area contributed by atoms with Gasteiger partial charge in [-0.25, -0.2) is 9.67 Å². The van der Waals surface area contributed by atoms with E-state index in [2.05, 4.69) is 25.8 Å². The van der Waals surface area contributed by atoms with E-state index in [1.165, 1.54) is 12.8 Å². The van der Waals surface area contributed by atoms with E-state index in [4.69, 9.17) is 0 Å². The Morgan fingerprint density at radius 3 is 3.22 bits per heavy atom. The summed E-state index contributed by atoms with van der Waals surface area (Å²) in [6.07, 6.45) is 4.44. The number of hydrogen-bond donors (Lipinski definition) is 1. The number of hydrogen-bond acceptors (Lipinski definition) is 7. The van der Waals surface area contributed by atoms with Crippen molar-refractivity contribution in [3.63, 3.8) is 0 Å². The predicted octanol–water partition coefficient (Wildman–Crippen LogP) is 1.17. The summed E-state index contributed by atoms with van der Waals surface area (Å²) in [7, 11) is 0. The van der Waals surface area contributed by atoms with Crippen LogP contribution in [0.3, 0.4) is 0 Å². The minimum Gasteiger partial charge on any atom is -0.312 e. The van der Waals surface area contributed by atoms with Crippen LogP contribution in [0.25, 0.3) is 0 Å². The van der Waals surface area contributed by atoms with Crippen molar-refractivity contribution in [2.75, 3.05) is 6.54 Å². The fourth-order valence-corrected chi connectivity index (χ4v) is 3.10. The van der Waals surface area contributed by atoms with Crippen LogP contribution in [0, 0.1) is 0 Å². The Kier molecular flexibility index (Phi) is 3.87. The molecule has 96 valence electrons. The van der Waals surface area contributed by atoms with E-state index in [1.807, 2.05) is 16.3 Å². The van der Waals surface area contributed by atoms with E-state index in [-0.39, 0.29) is 0 Å². The minimum atomic E-state index is 0.730. The number of rotatable bonds is 7. The summed E-state index contributed by atoms with van der Waals surface area (Å²) in [5, 5.41) is 19.2. The molecule has 0 atom stereocenters. The molecule has 0 aromatic carbocycles. The lowest BCUT2D eigenvalue weighted by Crippen LogP contribution is -2.22. The second kappa shape index (κ2) is 5.77. The highest BCUT2D eigenvalue weighted by Gasteiger charge is 2.20. The molecule has 6 nitrogen and oxygen atoms in total. The molecule has 1 N–H and O–H groups in total. The quantitative estimate of drug-likeness (QED) is 0.769. The van der Waals surface area contributed by atoms with Gasteiger partial charge >= 0.3 is 0 Å². The van der Waals surface area contributed by atoms with Gasteiger partial charge in [-0.2, -0.15) is 0 Å². The van der Waals surface area contributed by atoms with Crippen molar-refractivity contribution in [1.82, 2.24) is 30.5 Å². The Morgan fingerprint density at radius 1 is 1.50 bits per heavy atom. The highest BCUT2D eigenvalue weighted by molar-refractivity contribution is 7.98. The van der Waals surface area contributed by atoms with Crippen molar-refractivity contribution >= 4 is 23.1 Å². The minimum absolute atomic E-state index is 0.730. The fourth-order valence-electron chi connectivity index (χ4n) is 1.55. The average molecular weight is 282 g/mol. The summed E-state index contributed by atoms with van der Waals surface area (Å²) >= 11 is 3.29. The smallest absolute Gasteiger partial charge is 0.209 e. The van der Waals surface area contributed by atoms with Gasteiger partial charge in [-0.3, -0.25) is 0 Å². The molecule has 0 aliphatic heterocycles. The summed E-state index contributed by atoms with van der Waals surface area (Å²) in [6.45, 7) is 1.75. The summed E-state index contributed by atoms with van der Waals surface area (Å²) in [6, 6.07) is 0.730. The maximum Gasteiger partial charge on any atom is 0.209 e. The van der Waals surface area contributed by atoms with Crippen LogP contribution in [-0.2, 0) is 12.3 Å². The lowest BCUT2D eigenvalue weighted by Gasteiger charge is -2.04. The van der Waals surface area contributed by atoms with Gasteiger partial charge in [0.1, 0.15) is 5.01 Å². The Balaban J connectivity index is 1.50. The van der Waals surface area contributed by atoms with Crippen LogP contribution in [0.1, 0.15) is 17.8 Å². The number of aromatic nitrogens is 5. The number of nitrogens with zero attached hydrogens (tertiary/aromatic N) is 5. The van der Waals surface area contributed by atoms with E-state index < -0.39 is 0 Å². The maximum absolute atomic E-state index is 4.25. The highest BCUT2D eigenvalue weighted by atomic mass is 32.2. The predicted molar refractivity (Wildman–Crippen MR) is 70.5 cm³/mol. The zero-order valence-electron chi connectivity index (χ0n) is 9.82. The Hall–Kier alpha value is -0.990. The zero-order chi connectivity index (χ0) is 12.2. The molecule has 1 aliphatic rings. The first-order valence-electron chi connectivity index (χ1n) is 5.92. The second-order valence-corrected chi connectivity index (χ2v) is 6.05. The van der Waals surface area contributed by atoms with Crippen LogP contribution in [0.2, 0.25) is 0 Å². The normalized spacial score (nSPS) is 15.1. The SMILES string of the molecule is c1csc(CSc2nnnn2CCNC2CC2)n1. The Labute approximate surface area is 113 Å². The third-order valence-electron chi connectivity index (χ3n) is 2.64. The number of nitrogens with one attached hydrogen (secondary N) is 1. The topological polar surface area (TPSA) is 68.5 Å². The highest BCUT2D eigenvalue weighted by Crippen LogP contribution is 2.21. The second-order valence-electron chi connectivity index (χ2n) is 4.13. The largest absolute Gasteiger partial charge is 0.312 e. The molecule has 0 bridgehead atoms. The van der Waals surface area contributed by atoms with E-state index in [9.17, 15) is 0 Å². The molecule has 0 radical (unpaired) electrons.